The molecule has 206 valence electrons. The van der Waals surface area contributed by atoms with E-state index in [2.05, 4.69) is 19.1 Å². The van der Waals surface area contributed by atoms with Gasteiger partial charge in [-0.3, -0.25) is 4.79 Å². The van der Waals surface area contributed by atoms with E-state index in [9.17, 15) is 14.7 Å². The number of carbonyl (C=O) groups is 2. The van der Waals surface area contributed by atoms with Crippen LogP contribution < -0.4 is 4.74 Å². The van der Waals surface area contributed by atoms with Crippen molar-refractivity contribution in [3.63, 3.8) is 0 Å². The molecule has 0 bridgehead atoms. The van der Waals surface area contributed by atoms with Gasteiger partial charge in [-0.2, -0.15) is 0 Å². The van der Waals surface area contributed by atoms with Crippen LogP contribution in [-0.2, 0) is 20.7 Å². The van der Waals surface area contributed by atoms with Crippen molar-refractivity contribution in [2.24, 2.45) is 11.3 Å². The second-order valence-corrected chi connectivity index (χ2v) is 11.0. The number of ether oxygens (including phenoxy) is 2. The number of likely N-dealkylation sites (N-methyl/N-ethyl adjacent to an activating group) is 1. The highest BCUT2D eigenvalue weighted by molar-refractivity contribution is 6.30. The normalized spacial score (nSPS) is 23.1. The van der Waals surface area contributed by atoms with Gasteiger partial charge >= 0.3 is 5.97 Å². The van der Waals surface area contributed by atoms with Crippen molar-refractivity contribution >= 4 is 35.8 Å². The molecule has 6 nitrogen and oxygen atoms in total. The minimum atomic E-state index is -0.373. The number of carbonyl (C=O) groups excluding carboxylic acids is 2. The zero-order valence-electron chi connectivity index (χ0n) is 22.2. The summed E-state index contributed by atoms with van der Waals surface area (Å²) < 4.78 is 10.2. The second-order valence-electron chi connectivity index (χ2n) is 10.6. The van der Waals surface area contributed by atoms with Gasteiger partial charge in [0, 0.05) is 29.3 Å². The van der Waals surface area contributed by atoms with E-state index in [0.717, 1.165) is 32.1 Å². The van der Waals surface area contributed by atoms with E-state index >= 15 is 0 Å². The van der Waals surface area contributed by atoms with E-state index in [1.807, 2.05) is 25.1 Å². The van der Waals surface area contributed by atoms with E-state index in [1.165, 1.54) is 16.7 Å². The van der Waals surface area contributed by atoms with Crippen LogP contribution in [0, 0.1) is 11.3 Å². The molecule has 3 aliphatic carbocycles. The first-order valence-electron chi connectivity index (χ1n) is 12.9. The second kappa shape index (κ2) is 13.0. The zero-order chi connectivity index (χ0) is 26.6. The van der Waals surface area contributed by atoms with Crippen LogP contribution in [0.5, 0.6) is 11.5 Å². The summed E-state index contributed by atoms with van der Waals surface area (Å²) in [6.07, 6.45) is 7.11. The summed E-state index contributed by atoms with van der Waals surface area (Å²) in [4.78, 5) is 25.4. The number of hydrogen-bond acceptors (Lipinski definition) is 6. The number of ketones is 1. The van der Waals surface area contributed by atoms with Crippen LogP contribution in [-0.4, -0.2) is 55.6 Å². The van der Waals surface area contributed by atoms with Gasteiger partial charge in [0.05, 0.1) is 0 Å². The van der Waals surface area contributed by atoms with Gasteiger partial charge in [0.1, 0.15) is 23.9 Å². The van der Waals surface area contributed by atoms with Gasteiger partial charge in [0.25, 0.3) is 0 Å². The minimum Gasteiger partial charge on any atom is -0.508 e. The summed E-state index contributed by atoms with van der Waals surface area (Å²) in [5, 5.41) is 10.3. The van der Waals surface area contributed by atoms with E-state index in [0.29, 0.717) is 47.3 Å². The fourth-order valence-electron chi connectivity index (χ4n) is 5.79. The van der Waals surface area contributed by atoms with Crippen LogP contribution in [0.4, 0.5) is 0 Å². The quantitative estimate of drug-likeness (QED) is 0.345. The molecular weight excluding hydrogens is 525 g/mol. The van der Waals surface area contributed by atoms with Gasteiger partial charge in [-0.25, -0.2) is 4.79 Å². The van der Waals surface area contributed by atoms with Crippen molar-refractivity contribution < 1.29 is 24.2 Å². The molecule has 1 N–H and O–H groups in total. The number of benzene rings is 2. The van der Waals surface area contributed by atoms with Crippen LogP contribution in [0.15, 0.2) is 54.1 Å². The summed E-state index contributed by atoms with van der Waals surface area (Å²) in [6.45, 7) is 3.16. The lowest BCUT2D eigenvalue weighted by Gasteiger charge is -2.43. The van der Waals surface area contributed by atoms with E-state index < -0.39 is 0 Å². The Morgan fingerprint density at radius 1 is 1.16 bits per heavy atom. The number of esters is 1. The molecule has 0 heterocycles. The highest BCUT2D eigenvalue weighted by Crippen LogP contribution is 2.57. The number of hydrogen-bond donors (Lipinski definition) is 1. The summed E-state index contributed by atoms with van der Waals surface area (Å²) in [5.41, 5.74) is 4.03. The predicted octanol–water partition coefficient (Wildman–Crippen LogP) is 5.98. The number of phenols is 1. The van der Waals surface area contributed by atoms with Crippen molar-refractivity contribution in [1.82, 2.24) is 4.90 Å². The average molecular weight is 563 g/mol. The molecule has 5 rings (SSSR count). The Morgan fingerprint density at radius 2 is 1.89 bits per heavy atom. The molecule has 38 heavy (non-hydrogen) atoms. The largest absolute Gasteiger partial charge is 0.508 e. The van der Waals surface area contributed by atoms with Gasteiger partial charge < -0.3 is 19.5 Å². The maximum absolute atomic E-state index is 12.2. The molecular formula is C30H37Cl2NO5. The van der Waals surface area contributed by atoms with Gasteiger partial charge in [-0.05, 0) is 93.2 Å². The smallest absolute Gasteiger partial charge is 0.344 e. The van der Waals surface area contributed by atoms with Crippen molar-refractivity contribution in [2.45, 2.75) is 44.9 Å². The monoisotopic (exact) mass is 561 g/mol. The zero-order valence-corrected chi connectivity index (χ0v) is 23.8. The predicted molar refractivity (Wildman–Crippen MR) is 151 cm³/mol. The van der Waals surface area contributed by atoms with E-state index in [4.69, 9.17) is 21.1 Å². The number of nitrogens with zero attached hydrogens (tertiary/aromatic N) is 1. The maximum atomic E-state index is 12.2. The summed E-state index contributed by atoms with van der Waals surface area (Å²) in [7, 11) is 3.83. The van der Waals surface area contributed by atoms with Crippen molar-refractivity contribution in [1.29, 1.82) is 0 Å². The first-order valence-corrected chi connectivity index (χ1v) is 13.3. The van der Waals surface area contributed by atoms with Crippen LogP contribution in [0.3, 0.4) is 0 Å². The fourth-order valence-corrected chi connectivity index (χ4v) is 5.91. The number of phenolic OH excluding ortho intramolecular Hbond substituents is 1. The first kappa shape index (κ1) is 30.0. The Balaban J connectivity index is 0.000000209. The third-order valence-corrected chi connectivity index (χ3v) is 8.11. The van der Waals surface area contributed by atoms with Crippen molar-refractivity contribution in [2.75, 3.05) is 33.9 Å². The van der Waals surface area contributed by atoms with Crippen molar-refractivity contribution in [3.8, 4) is 11.5 Å². The molecule has 2 aromatic carbocycles. The SMILES string of the molecule is CC12CCC3C(=CCc4cc(O)ccc43)C1CCC2=O.CN(C)CCOC(=O)COc1ccc(Cl)cc1.Cl. The average Bonchev–Trinajstić information content (AvgIpc) is 3.18. The highest BCUT2D eigenvalue weighted by Gasteiger charge is 2.52. The molecule has 0 aliphatic heterocycles. The Morgan fingerprint density at radius 3 is 2.61 bits per heavy atom. The van der Waals surface area contributed by atoms with Crippen LogP contribution in [0.1, 0.15) is 49.7 Å². The molecule has 3 atom stereocenters. The summed E-state index contributed by atoms with van der Waals surface area (Å²) in [5.74, 6) is 1.98. The van der Waals surface area contributed by atoms with E-state index in [-0.39, 0.29) is 30.4 Å². The Hall–Kier alpha value is -2.54. The molecule has 3 aliphatic rings. The third kappa shape index (κ3) is 6.90. The van der Waals surface area contributed by atoms with Crippen LogP contribution in [0.25, 0.3) is 0 Å². The maximum Gasteiger partial charge on any atom is 0.344 e. The molecule has 2 aromatic rings. The number of halogens is 2. The molecule has 0 radical (unpaired) electrons. The summed E-state index contributed by atoms with van der Waals surface area (Å²) >= 11 is 5.72. The van der Waals surface area contributed by atoms with Crippen LogP contribution in [0.2, 0.25) is 5.02 Å². The third-order valence-electron chi connectivity index (χ3n) is 7.85. The van der Waals surface area contributed by atoms with Gasteiger partial charge in [0.15, 0.2) is 6.61 Å². The molecule has 0 aromatic heterocycles. The van der Waals surface area contributed by atoms with Crippen molar-refractivity contribution in [3.05, 3.63) is 70.3 Å². The summed E-state index contributed by atoms with van der Waals surface area (Å²) in [6, 6.07) is 12.6. The lowest BCUT2D eigenvalue weighted by atomic mass is 9.60. The number of aromatic hydroxyl groups is 1. The lowest BCUT2D eigenvalue weighted by molar-refractivity contribution is -0.146. The number of rotatable bonds is 6. The van der Waals surface area contributed by atoms with Gasteiger partial charge in [-0.1, -0.05) is 36.2 Å². The number of Topliss-reactive ketones (excluding diaryl/α,β-unsaturated/α-hetero) is 1. The van der Waals surface area contributed by atoms with Gasteiger partial charge in [0.2, 0.25) is 0 Å². The molecule has 0 amide bonds. The van der Waals surface area contributed by atoms with E-state index in [1.54, 1.807) is 30.3 Å². The highest BCUT2D eigenvalue weighted by atomic mass is 35.5. The number of fused-ring (bicyclic) bond motifs is 5. The molecule has 0 saturated heterocycles. The molecule has 0 spiro atoms. The standard InChI is InChI=1S/C18H20O2.C12H16ClNO3.ClH/c1-18-9-8-14-13-5-3-12(19)10-11(13)2-4-15(14)16(18)6-7-17(18)20;1-14(2)7-8-16-12(15)9-17-11-5-3-10(13)4-6-11;/h3-5,10,14,16,19H,2,6-9H2,1H3;3-6H,7-9H2,1-2H3;1H. The topological polar surface area (TPSA) is 76.1 Å². The van der Waals surface area contributed by atoms with Crippen LogP contribution >= 0.6 is 24.0 Å². The Kier molecular flexibility index (Phi) is 10.3. The first-order chi connectivity index (χ1) is 17.7. The fraction of sp³-hybridized carbons (Fsp3) is 0.467. The molecule has 2 saturated carbocycles. The molecule has 3 unspecified atom stereocenters. The minimum absolute atomic E-state index is 0. The Labute approximate surface area is 236 Å². The Bertz CT molecular complexity index is 1160. The number of allylic oxidation sites excluding steroid dienone is 2. The molecule has 2 fully saturated rings. The molecule has 8 heteroatoms. The van der Waals surface area contributed by atoms with Gasteiger partial charge in [-0.15, -0.1) is 12.4 Å². The lowest BCUT2D eigenvalue weighted by Crippen LogP contribution is -2.37.